The van der Waals surface area contributed by atoms with Gasteiger partial charge in [0.15, 0.2) is 0 Å². The quantitative estimate of drug-likeness (QED) is 0.727. The molecule has 132 valence electrons. The van der Waals surface area contributed by atoms with Gasteiger partial charge >= 0.3 is 6.03 Å². The fraction of sp³-hybridized carbons (Fsp3) is 0.944. The Kier molecular flexibility index (Phi) is 5.47. The van der Waals surface area contributed by atoms with Crippen LogP contribution >= 0.6 is 0 Å². The zero-order chi connectivity index (χ0) is 16.3. The van der Waals surface area contributed by atoms with Crippen LogP contribution in [-0.4, -0.2) is 53.4 Å². The SMILES string of the molecule is CC(NC(=O)NC1(CO)CCCC1)C1CCCN(C2CCC2)C1. The molecule has 0 aromatic heterocycles. The number of aliphatic hydroxyl groups excluding tert-OH is 1. The molecule has 1 saturated heterocycles. The molecule has 2 saturated carbocycles. The van der Waals surface area contributed by atoms with E-state index in [1.54, 1.807) is 0 Å². The highest BCUT2D eigenvalue weighted by Gasteiger charge is 2.36. The summed E-state index contributed by atoms with van der Waals surface area (Å²) < 4.78 is 0. The largest absolute Gasteiger partial charge is 0.394 e. The number of rotatable bonds is 5. The monoisotopic (exact) mass is 323 g/mol. The number of hydrogen-bond acceptors (Lipinski definition) is 3. The minimum Gasteiger partial charge on any atom is -0.394 e. The number of hydrogen-bond donors (Lipinski definition) is 3. The second-order valence-corrected chi connectivity index (χ2v) is 8.01. The Hall–Kier alpha value is -0.810. The van der Waals surface area contributed by atoms with E-state index in [2.05, 4.69) is 22.5 Å². The van der Waals surface area contributed by atoms with E-state index in [0.29, 0.717) is 5.92 Å². The summed E-state index contributed by atoms with van der Waals surface area (Å²) >= 11 is 0. The smallest absolute Gasteiger partial charge is 0.315 e. The van der Waals surface area contributed by atoms with E-state index in [9.17, 15) is 9.90 Å². The molecule has 1 heterocycles. The molecule has 0 bridgehead atoms. The number of aliphatic hydroxyl groups is 1. The highest BCUT2D eigenvalue weighted by atomic mass is 16.3. The molecule has 23 heavy (non-hydrogen) atoms. The summed E-state index contributed by atoms with van der Waals surface area (Å²) in [7, 11) is 0. The first-order valence-electron chi connectivity index (χ1n) is 9.55. The topological polar surface area (TPSA) is 64.6 Å². The van der Waals surface area contributed by atoms with Crippen LogP contribution in [0.1, 0.15) is 64.7 Å². The first-order chi connectivity index (χ1) is 11.1. The van der Waals surface area contributed by atoms with Crippen LogP contribution in [-0.2, 0) is 0 Å². The van der Waals surface area contributed by atoms with Gasteiger partial charge in [0, 0.05) is 18.6 Å². The van der Waals surface area contributed by atoms with E-state index >= 15 is 0 Å². The molecule has 2 unspecified atom stereocenters. The lowest BCUT2D eigenvalue weighted by Gasteiger charge is -2.44. The molecule has 3 N–H and O–H groups in total. The van der Waals surface area contributed by atoms with Gasteiger partial charge in [-0.05, 0) is 57.9 Å². The van der Waals surface area contributed by atoms with Crippen molar-refractivity contribution in [3.8, 4) is 0 Å². The number of nitrogens with zero attached hydrogens (tertiary/aromatic N) is 1. The van der Waals surface area contributed by atoms with Crippen molar-refractivity contribution in [3.63, 3.8) is 0 Å². The van der Waals surface area contributed by atoms with Crippen LogP contribution in [0.5, 0.6) is 0 Å². The van der Waals surface area contributed by atoms with Crippen molar-refractivity contribution in [3.05, 3.63) is 0 Å². The number of carbonyl (C=O) groups is 1. The number of amides is 2. The van der Waals surface area contributed by atoms with E-state index in [1.807, 2.05) is 0 Å². The standard InChI is InChI=1S/C18H33N3O2/c1-14(15-6-5-11-21(12-15)16-7-4-8-16)19-17(23)20-18(13-22)9-2-3-10-18/h14-16,22H,2-13H2,1H3,(H2,19,20,23). The molecule has 1 aliphatic heterocycles. The third kappa shape index (κ3) is 4.00. The first kappa shape index (κ1) is 17.0. The predicted octanol–water partition coefficient (Wildman–Crippen LogP) is 2.24. The van der Waals surface area contributed by atoms with E-state index < -0.39 is 0 Å². The minimum atomic E-state index is -0.381. The number of likely N-dealkylation sites (tertiary alicyclic amines) is 1. The third-order valence-corrected chi connectivity index (χ3v) is 6.39. The molecular weight excluding hydrogens is 290 g/mol. The van der Waals surface area contributed by atoms with Crippen molar-refractivity contribution in [1.29, 1.82) is 0 Å². The number of carbonyl (C=O) groups excluding carboxylic acids is 1. The number of piperidine rings is 1. The van der Waals surface area contributed by atoms with Crippen LogP contribution < -0.4 is 10.6 Å². The van der Waals surface area contributed by atoms with Gasteiger partial charge in [0.1, 0.15) is 0 Å². The van der Waals surface area contributed by atoms with Gasteiger partial charge < -0.3 is 20.6 Å². The van der Waals surface area contributed by atoms with E-state index in [-0.39, 0.29) is 24.2 Å². The van der Waals surface area contributed by atoms with Crippen LogP contribution in [0.15, 0.2) is 0 Å². The van der Waals surface area contributed by atoms with Crippen molar-refractivity contribution >= 4 is 6.03 Å². The van der Waals surface area contributed by atoms with Gasteiger partial charge in [-0.25, -0.2) is 4.79 Å². The zero-order valence-corrected chi connectivity index (χ0v) is 14.5. The molecule has 0 radical (unpaired) electrons. The summed E-state index contributed by atoms with van der Waals surface area (Å²) in [5, 5.41) is 15.8. The number of nitrogens with one attached hydrogen (secondary N) is 2. The molecule has 3 fully saturated rings. The molecule has 0 aromatic rings. The highest BCUT2D eigenvalue weighted by Crippen LogP contribution is 2.31. The Morgan fingerprint density at radius 2 is 1.96 bits per heavy atom. The average molecular weight is 323 g/mol. The van der Waals surface area contributed by atoms with Crippen molar-refractivity contribution in [2.24, 2.45) is 5.92 Å². The summed E-state index contributed by atoms with van der Waals surface area (Å²) in [4.78, 5) is 15.0. The van der Waals surface area contributed by atoms with E-state index in [4.69, 9.17) is 0 Å². The molecule has 2 aliphatic carbocycles. The molecule has 2 amide bonds. The lowest BCUT2D eigenvalue weighted by molar-refractivity contribution is 0.0674. The third-order valence-electron chi connectivity index (χ3n) is 6.39. The normalized spacial score (nSPS) is 29.7. The maximum atomic E-state index is 12.4. The van der Waals surface area contributed by atoms with Crippen LogP contribution in [0.3, 0.4) is 0 Å². The summed E-state index contributed by atoms with van der Waals surface area (Å²) in [5.41, 5.74) is -0.381. The lowest BCUT2D eigenvalue weighted by atomic mass is 9.85. The lowest BCUT2D eigenvalue weighted by Crippen LogP contribution is -2.56. The molecule has 3 rings (SSSR count). The molecule has 2 atom stereocenters. The van der Waals surface area contributed by atoms with Crippen molar-refractivity contribution in [2.45, 2.75) is 82.3 Å². The van der Waals surface area contributed by atoms with Crippen LogP contribution in [0, 0.1) is 5.92 Å². The predicted molar refractivity (Wildman–Crippen MR) is 91.4 cm³/mol. The van der Waals surface area contributed by atoms with E-state index in [1.165, 1.54) is 38.6 Å². The molecule has 0 spiro atoms. The maximum absolute atomic E-state index is 12.4. The Bertz CT molecular complexity index is 405. The van der Waals surface area contributed by atoms with Gasteiger partial charge in [-0.15, -0.1) is 0 Å². The minimum absolute atomic E-state index is 0.0493. The summed E-state index contributed by atoms with van der Waals surface area (Å²) in [6.45, 7) is 4.54. The Labute approximate surface area is 140 Å². The van der Waals surface area contributed by atoms with Gasteiger partial charge in [-0.2, -0.15) is 0 Å². The molecule has 5 nitrogen and oxygen atoms in total. The second kappa shape index (κ2) is 7.39. The Morgan fingerprint density at radius 1 is 1.22 bits per heavy atom. The Morgan fingerprint density at radius 3 is 2.57 bits per heavy atom. The van der Waals surface area contributed by atoms with Gasteiger partial charge in [0.25, 0.3) is 0 Å². The van der Waals surface area contributed by atoms with E-state index in [0.717, 1.165) is 38.3 Å². The average Bonchev–Trinajstić information content (AvgIpc) is 2.94. The Balaban J connectivity index is 1.47. The van der Waals surface area contributed by atoms with Gasteiger partial charge in [0.05, 0.1) is 12.1 Å². The molecule has 3 aliphatic rings. The molecule has 5 heteroatoms. The van der Waals surface area contributed by atoms with Gasteiger partial charge in [0.2, 0.25) is 0 Å². The second-order valence-electron chi connectivity index (χ2n) is 8.01. The van der Waals surface area contributed by atoms with Gasteiger partial charge in [-0.1, -0.05) is 19.3 Å². The van der Waals surface area contributed by atoms with Crippen molar-refractivity contribution in [2.75, 3.05) is 19.7 Å². The van der Waals surface area contributed by atoms with Crippen LogP contribution in [0.4, 0.5) is 4.79 Å². The van der Waals surface area contributed by atoms with Crippen molar-refractivity contribution < 1.29 is 9.90 Å². The highest BCUT2D eigenvalue weighted by molar-refractivity contribution is 5.75. The van der Waals surface area contributed by atoms with Crippen molar-refractivity contribution in [1.82, 2.24) is 15.5 Å². The van der Waals surface area contributed by atoms with Crippen LogP contribution in [0.25, 0.3) is 0 Å². The maximum Gasteiger partial charge on any atom is 0.315 e. The summed E-state index contributed by atoms with van der Waals surface area (Å²) in [5.74, 6) is 0.545. The zero-order valence-electron chi connectivity index (χ0n) is 14.5. The van der Waals surface area contributed by atoms with Crippen LogP contribution in [0.2, 0.25) is 0 Å². The number of urea groups is 1. The fourth-order valence-electron chi connectivity index (χ4n) is 4.51. The molecular formula is C18H33N3O2. The first-order valence-corrected chi connectivity index (χ1v) is 9.55. The fourth-order valence-corrected chi connectivity index (χ4v) is 4.51. The molecule has 0 aromatic carbocycles. The summed E-state index contributed by atoms with van der Waals surface area (Å²) in [6, 6.07) is 0.888. The summed E-state index contributed by atoms with van der Waals surface area (Å²) in [6.07, 6.45) is 10.5. The van der Waals surface area contributed by atoms with Gasteiger partial charge in [-0.3, -0.25) is 0 Å².